The van der Waals surface area contributed by atoms with E-state index in [2.05, 4.69) is 4.72 Å². The molecule has 1 N–H and O–H groups in total. The molecule has 1 aromatic heterocycles. The van der Waals surface area contributed by atoms with Gasteiger partial charge in [-0.1, -0.05) is 42.5 Å². The lowest BCUT2D eigenvalue weighted by atomic mass is 10.1. The Kier molecular flexibility index (Phi) is 7.24. The average molecular weight is 475 g/mol. The van der Waals surface area contributed by atoms with E-state index in [-0.39, 0.29) is 12.1 Å². The highest BCUT2D eigenvalue weighted by molar-refractivity contribution is 7.89. The number of ether oxygens (including phenoxy) is 1. The topological polar surface area (TPSA) is 116 Å². The van der Waals surface area contributed by atoms with E-state index < -0.39 is 50.6 Å². The molecule has 0 saturated carbocycles. The normalized spacial score (nSPS) is 12.3. The van der Waals surface area contributed by atoms with Crippen molar-refractivity contribution in [1.29, 1.82) is 0 Å². The Morgan fingerprint density at radius 1 is 1.03 bits per heavy atom. The number of esters is 1. The van der Waals surface area contributed by atoms with Crippen molar-refractivity contribution in [2.24, 2.45) is 14.1 Å². The van der Waals surface area contributed by atoms with Crippen LogP contribution in [0.4, 0.5) is 4.39 Å². The molecule has 33 heavy (non-hydrogen) atoms. The number of nitrogens with one attached hydrogen (secondary N) is 1. The van der Waals surface area contributed by atoms with Crippen LogP contribution >= 0.6 is 0 Å². The fraction of sp³-hybridized carbons (Fsp3) is 0.227. The van der Waals surface area contributed by atoms with Gasteiger partial charge < -0.3 is 4.74 Å². The van der Waals surface area contributed by atoms with Crippen LogP contribution in [-0.2, 0) is 46.7 Å². The standard InChI is InChI=1S/C22H22FN3O6S/c1-25-16(13-20(27)26(2)22(25)29)14-32-21(28)18(12-15-8-4-3-5-9-15)24-33(30,31)19-11-7-6-10-17(19)23/h3-11,13,18,24H,12,14H2,1-2H3/t18-/m0/s1. The van der Waals surface area contributed by atoms with E-state index in [0.717, 1.165) is 27.3 Å². The maximum Gasteiger partial charge on any atom is 0.330 e. The SMILES string of the molecule is Cn1c(COC(=O)[C@H](Cc2ccccc2)NS(=O)(=O)c2ccccc2F)cc(=O)n(C)c1=O. The summed E-state index contributed by atoms with van der Waals surface area (Å²) < 4.78 is 49.1. The minimum atomic E-state index is -4.40. The van der Waals surface area contributed by atoms with E-state index >= 15 is 0 Å². The summed E-state index contributed by atoms with van der Waals surface area (Å²) >= 11 is 0. The van der Waals surface area contributed by atoms with E-state index in [9.17, 15) is 27.2 Å². The lowest BCUT2D eigenvalue weighted by Crippen LogP contribution is -2.44. The van der Waals surface area contributed by atoms with E-state index in [1.807, 2.05) is 0 Å². The molecule has 0 radical (unpaired) electrons. The van der Waals surface area contributed by atoms with Crippen LogP contribution in [0, 0.1) is 5.82 Å². The van der Waals surface area contributed by atoms with Crippen LogP contribution in [0.1, 0.15) is 11.3 Å². The Balaban J connectivity index is 1.87. The predicted molar refractivity (Wildman–Crippen MR) is 117 cm³/mol. The van der Waals surface area contributed by atoms with Crippen molar-refractivity contribution in [3.05, 3.63) is 98.6 Å². The van der Waals surface area contributed by atoms with Gasteiger partial charge >= 0.3 is 11.7 Å². The van der Waals surface area contributed by atoms with Gasteiger partial charge in [0.05, 0.1) is 5.69 Å². The summed E-state index contributed by atoms with van der Waals surface area (Å²) in [5.74, 6) is -1.92. The van der Waals surface area contributed by atoms with E-state index in [0.29, 0.717) is 5.56 Å². The van der Waals surface area contributed by atoms with E-state index in [1.165, 1.54) is 26.2 Å². The van der Waals surface area contributed by atoms with Crippen molar-refractivity contribution in [1.82, 2.24) is 13.9 Å². The number of carbonyl (C=O) groups is 1. The molecule has 0 saturated heterocycles. The first-order chi connectivity index (χ1) is 15.6. The van der Waals surface area contributed by atoms with Crippen LogP contribution in [0.2, 0.25) is 0 Å². The van der Waals surface area contributed by atoms with Gasteiger partial charge in [0.15, 0.2) is 0 Å². The Hall–Kier alpha value is -3.57. The van der Waals surface area contributed by atoms with Gasteiger partial charge in [0.25, 0.3) is 5.56 Å². The highest BCUT2D eigenvalue weighted by Gasteiger charge is 2.29. The predicted octanol–water partition coefficient (Wildman–Crippen LogP) is 0.856. The second-order valence-corrected chi connectivity index (χ2v) is 8.96. The van der Waals surface area contributed by atoms with Gasteiger partial charge in [-0.25, -0.2) is 17.6 Å². The number of halogens is 1. The van der Waals surface area contributed by atoms with Crippen LogP contribution in [-0.4, -0.2) is 29.6 Å². The molecule has 0 aliphatic heterocycles. The summed E-state index contributed by atoms with van der Waals surface area (Å²) in [6.45, 7) is -0.437. The summed E-state index contributed by atoms with van der Waals surface area (Å²) in [6, 6.07) is 13.1. The number of aromatic nitrogens is 2. The molecule has 0 bridgehead atoms. The van der Waals surface area contributed by atoms with E-state index in [1.54, 1.807) is 30.3 Å². The van der Waals surface area contributed by atoms with Crippen LogP contribution in [0.5, 0.6) is 0 Å². The Morgan fingerprint density at radius 2 is 1.67 bits per heavy atom. The van der Waals surface area contributed by atoms with Crippen molar-refractivity contribution >= 4 is 16.0 Å². The molecule has 2 aromatic carbocycles. The van der Waals surface area contributed by atoms with Gasteiger partial charge in [0.1, 0.15) is 23.4 Å². The molecule has 0 fully saturated rings. The quantitative estimate of drug-likeness (QED) is 0.483. The third kappa shape index (κ3) is 5.62. The fourth-order valence-electron chi connectivity index (χ4n) is 3.10. The minimum Gasteiger partial charge on any atom is -0.458 e. The molecule has 0 aliphatic carbocycles. The summed E-state index contributed by atoms with van der Waals surface area (Å²) in [5.41, 5.74) is -0.414. The second-order valence-electron chi connectivity index (χ2n) is 7.28. The van der Waals surface area contributed by atoms with Crippen molar-refractivity contribution in [2.75, 3.05) is 0 Å². The second kappa shape index (κ2) is 9.92. The zero-order chi connectivity index (χ0) is 24.2. The van der Waals surface area contributed by atoms with Gasteiger partial charge in [-0.05, 0) is 24.1 Å². The molecule has 3 rings (SSSR count). The van der Waals surface area contributed by atoms with Gasteiger partial charge in [-0.2, -0.15) is 4.72 Å². The van der Waals surface area contributed by atoms with Gasteiger partial charge in [-0.15, -0.1) is 0 Å². The van der Waals surface area contributed by atoms with Crippen molar-refractivity contribution in [3.63, 3.8) is 0 Å². The lowest BCUT2D eigenvalue weighted by molar-refractivity contribution is -0.147. The molecule has 11 heteroatoms. The number of hydrogen-bond donors (Lipinski definition) is 1. The molecule has 3 aromatic rings. The highest BCUT2D eigenvalue weighted by Crippen LogP contribution is 2.15. The first kappa shape index (κ1) is 24.1. The molecule has 0 spiro atoms. The third-order valence-corrected chi connectivity index (χ3v) is 6.48. The highest BCUT2D eigenvalue weighted by atomic mass is 32.2. The Bertz CT molecular complexity index is 1380. The largest absolute Gasteiger partial charge is 0.458 e. The fourth-order valence-corrected chi connectivity index (χ4v) is 4.36. The maximum absolute atomic E-state index is 14.1. The minimum absolute atomic E-state index is 0.0666. The van der Waals surface area contributed by atoms with Gasteiger partial charge in [0.2, 0.25) is 10.0 Å². The van der Waals surface area contributed by atoms with E-state index in [4.69, 9.17) is 4.74 Å². The average Bonchev–Trinajstić information content (AvgIpc) is 2.79. The van der Waals surface area contributed by atoms with Crippen molar-refractivity contribution in [2.45, 2.75) is 24.0 Å². The molecule has 0 amide bonds. The first-order valence-electron chi connectivity index (χ1n) is 9.83. The van der Waals surface area contributed by atoms with Crippen LogP contribution in [0.15, 0.2) is 75.1 Å². The molecule has 0 aliphatic rings. The zero-order valence-corrected chi connectivity index (χ0v) is 18.7. The lowest BCUT2D eigenvalue weighted by Gasteiger charge is -2.19. The van der Waals surface area contributed by atoms with Gasteiger partial charge in [0, 0.05) is 20.2 Å². The Morgan fingerprint density at radius 3 is 2.33 bits per heavy atom. The monoisotopic (exact) mass is 475 g/mol. The number of rotatable bonds is 8. The summed E-state index contributed by atoms with van der Waals surface area (Å²) in [4.78, 5) is 36.2. The number of sulfonamides is 1. The zero-order valence-electron chi connectivity index (χ0n) is 17.9. The molecule has 1 heterocycles. The molecule has 9 nitrogen and oxygen atoms in total. The molecule has 0 unspecified atom stereocenters. The first-order valence-corrected chi connectivity index (χ1v) is 11.3. The smallest absolute Gasteiger partial charge is 0.330 e. The molecular formula is C22H22FN3O6S. The van der Waals surface area contributed by atoms with Crippen LogP contribution in [0.3, 0.4) is 0 Å². The Labute approximate surface area is 189 Å². The van der Waals surface area contributed by atoms with Crippen LogP contribution < -0.4 is 16.0 Å². The summed E-state index contributed by atoms with van der Waals surface area (Å²) in [5, 5.41) is 0. The summed E-state index contributed by atoms with van der Waals surface area (Å²) in [7, 11) is -1.68. The molecular weight excluding hydrogens is 453 g/mol. The number of carbonyl (C=O) groups excluding carboxylic acids is 1. The van der Waals surface area contributed by atoms with Crippen LogP contribution in [0.25, 0.3) is 0 Å². The molecule has 174 valence electrons. The van der Waals surface area contributed by atoms with Crippen molar-refractivity contribution in [3.8, 4) is 0 Å². The third-order valence-electron chi connectivity index (χ3n) is 4.98. The van der Waals surface area contributed by atoms with Crippen molar-refractivity contribution < 1.29 is 22.3 Å². The maximum atomic E-state index is 14.1. The number of nitrogens with zero attached hydrogens (tertiary/aromatic N) is 2. The van der Waals surface area contributed by atoms with Gasteiger partial charge in [-0.3, -0.25) is 18.7 Å². The number of hydrogen-bond acceptors (Lipinski definition) is 6. The number of benzene rings is 2. The molecule has 1 atom stereocenters. The summed E-state index contributed by atoms with van der Waals surface area (Å²) in [6.07, 6.45) is -0.0666.